The third kappa shape index (κ3) is 3.38. The van der Waals surface area contributed by atoms with Crippen molar-refractivity contribution < 1.29 is 8.78 Å². The lowest BCUT2D eigenvalue weighted by atomic mass is 10.2. The number of thioether (sulfide) groups is 1. The molecule has 1 aromatic carbocycles. The lowest BCUT2D eigenvalue weighted by Gasteiger charge is -2.29. The Labute approximate surface area is 134 Å². The van der Waals surface area contributed by atoms with Crippen molar-refractivity contribution in [2.75, 3.05) is 29.5 Å². The summed E-state index contributed by atoms with van der Waals surface area (Å²) in [5, 5.41) is 11.0. The van der Waals surface area contributed by atoms with Gasteiger partial charge in [-0.2, -0.15) is 11.8 Å². The minimum Gasteiger partial charge on any atom is -0.365 e. The van der Waals surface area contributed by atoms with Gasteiger partial charge in [0.2, 0.25) is 0 Å². The molecule has 0 radical (unpaired) electrons. The predicted molar refractivity (Wildman–Crippen MR) is 83.7 cm³/mol. The molecule has 1 fully saturated rings. The second kappa shape index (κ2) is 6.84. The first-order chi connectivity index (χ1) is 11.2. The first kappa shape index (κ1) is 15.6. The maximum atomic E-state index is 14.4. The molecular weight excluding hydrogens is 324 g/mol. The standard InChI is InChI=1S/C13H13F2N7S/c14-11-5-10(22-8-9(18-20-22)7-17-19-16)6-12(15)13(11)21-1-3-23-4-2-21/h5-6,8H,1-4,7H2. The van der Waals surface area contributed by atoms with Gasteiger partial charge in [-0.1, -0.05) is 10.3 Å². The SMILES string of the molecule is [N-]=[N+]=NCc1cn(-c2cc(F)c(N3CCSCC3)c(F)c2)nn1. The van der Waals surface area contributed by atoms with E-state index in [0.29, 0.717) is 18.8 Å². The van der Waals surface area contributed by atoms with E-state index in [1.165, 1.54) is 23.0 Å². The normalized spacial score (nSPS) is 14.6. The summed E-state index contributed by atoms with van der Waals surface area (Å²) in [6, 6.07) is 2.46. The van der Waals surface area contributed by atoms with E-state index in [0.717, 1.165) is 11.5 Å². The molecule has 23 heavy (non-hydrogen) atoms. The number of aromatic nitrogens is 3. The second-order valence-corrected chi connectivity index (χ2v) is 6.13. The van der Waals surface area contributed by atoms with Crippen molar-refractivity contribution >= 4 is 17.4 Å². The Hall–Kier alpha value is -2.32. The first-order valence-corrected chi connectivity index (χ1v) is 8.08. The number of hydrogen-bond donors (Lipinski definition) is 0. The van der Waals surface area contributed by atoms with Gasteiger partial charge >= 0.3 is 0 Å². The highest BCUT2D eigenvalue weighted by Crippen LogP contribution is 2.28. The fourth-order valence-corrected chi connectivity index (χ4v) is 3.28. The van der Waals surface area contributed by atoms with Crippen LogP contribution in [0.1, 0.15) is 5.69 Å². The average Bonchev–Trinajstić information content (AvgIpc) is 3.02. The quantitative estimate of drug-likeness (QED) is 0.488. The predicted octanol–water partition coefficient (Wildman–Crippen LogP) is 2.91. The van der Waals surface area contributed by atoms with Gasteiger partial charge in [-0.25, -0.2) is 13.5 Å². The van der Waals surface area contributed by atoms with E-state index in [4.69, 9.17) is 5.53 Å². The molecule has 120 valence electrons. The Bertz CT molecular complexity index is 728. The molecule has 0 N–H and O–H groups in total. The fourth-order valence-electron chi connectivity index (χ4n) is 2.37. The van der Waals surface area contributed by atoms with Gasteiger partial charge in [-0.05, 0) is 5.53 Å². The molecule has 0 aliphatic carbocycles. The molecule has 1 aliphatic rings. The summed E-state index contributed by atoms with van der Waals surface area (Å²) < 4.78 is 30.0. The van der Waals surface area contributed by atoms with E-state index in [9.17, 15) is 8.78 Å². The van der Waals surface area contributed by atoms with Gasteiger partial charge < -0.3 is 4.90 Å². The minimum atomic E-state index is -0.626. The van der Waals surface area contributed by atoms with Gasteiger partial charge in [0.15, 0.2) is 11.6 Å². The molecule has 10 heteroatoms. The number of anilines is 1. The summed E-state index contributed by atoms with van der Waals surface area (Å²) >= 11 is 1.77. The van der Waals surface area contributed by atoms with Crippen LogP contribution in [0.2, 0.25) is 0 Å². The molecule has 0 saturated carbocycles. The lowest BCUT2D eigenvalue weighted by Crippen LogP contribution is -2.33. The van der Waals surface area contributed by atoms with Crippen molar-refractivity contribution in [3.63, 3.8) is 0 Å². The van der Waals surface area contributed by atoms with Crippen LogP contribution in [0.4, 0.5) is 14.5 Å². The maximum absolute atomic E-state index is 14.4. The Morgan fingerprint density at radius 3 is 2.61 bits per heavy atom. The number of hydrogen-bond acceptors (Lipinski definition) is 5. The van der Waals surface area contributed by atoms with E-state index < -0.39 is 11.6 Å². The fraction of sp³-hybridized carbons (Fsp3) is 0.385. The lowest BCUT2D eigenvalue weighted by molar-refractivity contribution is 0.570. The Kier molecular flexibility index (Phi) is 4.63. The van der Waals surface area contributed by atoms with Crippen LogP contribution in [-0.4, -0.2) is 39.6 Å². The first-order valence-electron chi connectivity index (χ1n) is 6.93. The van der Waals surface area contributed by atoms with Gasteiger partial charge in [0.1, 0.15) is 5.69 Å². The van der Waals surface area contributed by atoms with Crippen LogP contribution in [0.15, 0.2) is 23.4 Å². The largest absolute Gasteiger partial charge is 0.365 e. The topological polar surface area (TPSA) is 82.7 Å². The molecule has 2 heterocycles. The van der Waals surface area contributed by atoms with E-state index in [1.807, 2.05) is 0 Å². The summed E-state index contributed by atoms with van der Waals surface area (Å²) in [5.41, 5.74) is 8.93. The number of halogens is 2. The number of nitrogens with zero attached hydrogens (tertiary/aromatic N) is 7. The number of benzene rings is 1. The second-order valence-electron chi connectivity index (χ2n) is 4.90. The molecule has 0 atom stereocenters. The molecule has 3 rings (SSSR count). The van der Waals surface area contributed by atoms with Gasteiger partial charge in [0.05, 0.1) is 24.1 Å². The van der Waals surface area contributed by atoms with E-state index >= 15 is 0 Å². The van der Waals surface area contributed by atoms with Crippen molar-refractivity contribution in [2.24, 2.45) is 5.11 Å². The molecule has 0 spiro atoms. The summed E-state index contributed by atoms with van der Waals surface area (Å²) in [4.78, 5) is 4.35. The highest BCUT2D eigenvalue weighted by Gasteiger charge is 2.20. The van der Waals surface area contributed by atoms with Crippen LogP contribution in [0, 0.1) is 11.6 Å². The molecule has 0 unspecified atom stereocenters. The molecule has 1 saturated heterocycles. The molecule has 0 bridgehead atoms. The number of azide groups is 1. The Balaban J connectivity index is 1.89. The highest BCUT2D eigenvalue weighted by atomic mass is 32.2. The molecule has 1 aromatic heterocycles. The van der Waals surface area contributed by atoms with Gasteiger partial charge in [0, 0.05) is 41.6 Å². The van der Waals surface area contributed by atoms with Crippen LogP contribution in [0.3, 0.4) is 0 Å². The van der Waals surface area contributed by atoms with Crippen LogP contribution in [0.5, 0.6) is 0 Å². The molecular formula is C13H13F2N7S. The summed E-state index contributed by atoms with van der Waals surface area (Å²) in [6.45, 7) is 1.28. The van der Waals surface area contributed by atoms with Crippen molar-refractivity contribution in [3.05, 3.63) is 46.1 Å². The Morgan fingerprint density at radius 1 is 1.26 bits per heavy atom. The summed E-state index contributed by atoms with van der Waals surface area (Å²) in [5.74, 6) is 0.455. The van der Waals surface area contributed by atoms with E-state index in [2.05, 4.69) is 20.3 Å². The molecule has 1 aliphatic heterocycles. The van der Waals surface area contributed by atoms with E-state index in [1.54, 1.807) is 16.7 Å². The summed E-state index contributed by atoms with van der Waals surface area (Å²) in [7, 11) is 0. The zero-order valence-electron chi connectivity index (χ0n) is 12.1. The average molecular weight is 337 g/mol. The van der Waals surface area contributed by atoms with Crippen LogP contribution in [0.25, 0.3) is 16.1 Å². The third-order valence-electron chi connectivity index (χ3n) is 3.43. The smallest absolute Gasteiger partial charge is 0.151 e. The summed E-state index contributed by atoms with van der Waals surface area (Å²) in [6.07, 6.45) is 1.47. The van der Waals surface area contributed by atoms with E-state index in [-0.39, 0.29) is 17.9 Å². The van der Waals surface area contributed by atoms with Crippen molar-refractivity contribution in [1.82, 2.24) is 15.0 Å². The van der Waals surface area contributed by atoms with Crippen molar-refractivity contribution in [2.45, 2.75) is 6.54 Å². The molecule has 0 amide bonds. The zero-order chi connectivity index (χ0) is 16.2. The van der Waals surface area contributed by atoms with Gasteiger partial charge in [0.25, 0.3) is 0 Å². The van der Waals surface area contributed by atoms with Crippen molar-refractivity contribution in [3.8, 4) is 5.69 Å². The molecule has 7 nitrogen and oxygen atoms in total. The Morgan fingerprint density at radius 2 is 1.96 bits per heavy atom. The maximum Gasteiger partial charge on any atom is 0.151 e. The monoisotopic (exact) mass is 337 g/mol. The van der Waals surface area contributed by atoms with Crippen LogP contribution in [-0.2, 0) is 6.54 Å². The highest BCUT2D eigenvalue weighted by molar-refractivity contribution is 7.99. The van der Waals surface area contributed by atoms with Crippen molar-refractivity contribution in [1.29, 1.82) is 0 Å². The van der Waals surface area contributed by atoms with Crippen LogP contribution >= 0.6 is 11.8 Å². The zero-order valence-corrected chi connectivity index (χ0v) is 12.9. The van der Waals surface area contributed by atoms with Gasteiger partial charge in [-0.3, -0.25) is 0 Å². The molecule has 2 aromatic rings. The van der Waals surface area contributed by atoms with Gasteiger partial charge in [-0.15, -0.1) is 5.10 Å². The third-order valence-corrected chi connectivity index (χ3v) is 4.37. The van der Waals surface area contributed by atoms with Crippen LogP contribution < -0.4 is 4.90 Å². The minimum absolute atomic E-state index is 0.00321. The number of rotatable bonds is 4.